The number of halogens is 1. The first-order valence-corrected chi connectivity index (χ1v) is 10.4. The van der Waals surface area contributed by atoms with Crippen molar-refractivity contribution in [2.24, 2.45) is 0 Å². The van der Waals surface area contributed by atoms with E-state index in [-0.39, 0.29) is 24.3 Å². The largest absolute Gasteiger partial charge is 0.367 e. The Labute approximate surface area is 180 Å². The number of piperazine rings is 1. The zero-order valence-corrected chi connectivity index (χ0v) is 17.2. The van der Waals surface area contributed by atoms with Gasteiger partial charge >= 0.3 is 0 Å². The lowest BCUT2D eigenvalue weighted by Crippen LogP contribution is -2.49. The van der Waals surface area contributed by atoms with Gasteiger partial charge in [0.05, 0.1) is 23.4 Å². The summed E-state index contributed by atoms with van der Waals surface area (Å²) in [6, 6.07) is 11.2. The van der Waals surface area contributed by atoms with Gasteiger partial charge in [0.1, 0.15) is 5.82 Å². The van der Waals surface area contributed by atoms with Crippen LogP contribution in [-0.4, -0.2) is 53.7 Å². The summed E-state index contributed by atoms with van der Waals surface area (Å²) in [7, 11) is 0. The number of carbonyl (C=O) groups is 3. The third-order valence-corrected chi connectivity index (χ3v) is 5.74. The van der Waals surface area contributed by atoms with E-state index >= 15 is 0 Å². The number of fused-ring (bicyclic) bond motifs is 1. The summed E-state index contributed by atoms with van der Waals surface area (Å²) in [6.07, 6.45) is 2.84. The normalized spacial score (nSPS) is 16.0. The zero-order chi connectivity index (χ0) is 22.0. The number of nitrogens with zero attached hydrogens (tertiary/aromatic N) is 3. The van der Waals surface area contributed by atoms with Crippen LogP contribution in [0, 0.1) is 5.82 Å². The Balaban J connectivity index is 1.51. The van der Waals surface area contributed by atoms with Gasteiger partial charge in [-0.25, -0.2) is 4.39 Å². The molecule has 2 aliphatic heterocycles. The second-order valence-corrected chi connectivity index (χ2v) is 7.72. The van der Waals surface area contributed by atoms with Crippen LogP contribution in [0.15, 0.2) is 55.1 Å². The van der Waals surface area contributed by atoms with E-state index < -0.39 is 5.82 Å². The molecule has 2 heterocycles. The first-order valence-electron chi connectivity index (χ1n) is 10.4. The molecule has 0 radical (unpaired) electrons. The van der Waals surface area contributed by atoms with Crippen LogP contribution in [0.3, 0.4) is 0 Å². The second-order valence-electron chi connectivity index (χ2n) is 7.72. The van der Waals surface area contributed by atoms with Gasteiger partial charge in [-0.1, -0.05) is 24.3 Å². The monoisotopic (exact) mass is 421 g/mol. The molecular formula is C24H24FN3O3. The highest BCUT2D eigenvalue weighted by atomic mass is 19.1. The highest BCUT2D eigenvalue weighted by Crippen LogP contribution is 2.33. The quantitative estimate of drug-likeness (QED) is 0.531. The Morgan fingerprint density at radius 3 is 2.48 bits per heavy atom. The molecule has 0 atom stereocenters. The van der Waals surface area contributed by atoms with Crippen LogP contribution >= 0.6 is 0 Å². The first kappa shape index (κ1) is 20.8. The van der Waals surface area contributed by atoms with Crippen LogP contribution in [-0.2, 0) is 11.3 Å². The van der Waals surface area contributed by atoms with Gasteiger partial charge in [0.2, 0.25) is 5.91 Å². The van der Waals surface area contributed by atoms with Crippen LogP contribution in [0.5, 0.6) is 0 Å². The van der Waals surface area contributed by atoms with Gasteiger partial charge in [0, 0.05) is 32.6 Å². The number of imide groups is 1. The zero-order valence-electron chi connectivity index (χ0n) is 17.2. The predicted molar refractivity (Wildman–Crippen MR) is 115 cm³/mol. The van der Waals surface area contributed by atoms with Crippen molar-refractivity contribution in [3.05, 3.63) is 77.6 Å². The van der Waals surface area contributed by atoms with Gasteiger partial charge in [0.15, 0.2) is 0 Å². The average molecular weight is 421 g/mol. The molecule has 2 aromatic rings. The average Bonchev–Trinajstić information content (AvgIpc) is 3.02. The minimum absolute atomic E-state index is 0.0229. The Hall–Kier alpha value is -3.48. The molecule has 31 heavy (non-hydrogen) atoms. The van der Waals surface area contributed by atoms with E-state index in [1.807, 2.05) is 15.9 Å². The number of allylic oxidation sites excluding steroid dienone is 1. The van der Waals surface area contributed by atoms with Crippen molar-refractivity contribution in [3.63, 3.8) is 0 Å². The SMILES string of the molecule is C=CCCC(=O)N1CCN(c2cccc3c2C(=O)N(Cc2cccc(F)c2)C3=O)CC1. The molecule has 3 amide bonds. The van der Waals surface area contributed by atoms with Crippen LogP contribution in [0.1, 0.15) is 39.1 Å². The first-order chi connectivity index (χ1) is 15.0. The van der Waals surface area contributed by atoms with E-state index in [4.69, 9.17) is 0 Å². The standard InChI is InChI=1S/C24H24FN3O3/c1-2-3-10-21(29)27-13-11-26(12-14-27)20-9-5-8-19-22(20)24(31)28(23(19)30)16-17-6-4-7-18(25)15-17/h2,4-9,15H,1,3,10-14,16H2. The summed E-state index contributed by atoms with van der Waals surface area (Å²) < 4.78 is 13.5. The van der Waals surface area contributed by atoms with Gasteiger partial charge in [-0.15, -0.1) is 6.58 Å². The topological polar surface area (TPSA) is 60.9 Å². The highest BCUT2D eigenvalue weighted by molar-refractivity contribution is 6.23. The summed E-state index contributed by atoms with van der Waals surface area (Å²) >= 11 is 0. The molecule has 6 nitrogen and oxygen atoms in total. The molecule has 0 aromatic heterocycles. The maximum Gasteiger partial charge on any atom is 0.263 e. The molecule has 0 unspecified atom stereocenters. The maximum atomic E-state index is 13.5. The van der Waals surface area contributed by atoms with Crippen LogP contribution in [0.25, 0.3) is 0 Å². The van der Waals surface area contributed by atoms with E-state index in [2.05, 4.69) is 6.58 Å². The van der Waals surface area contributed by atoms with Crippen molar-refractivity contribution in [2.45, 2.75) is 19.4 Å². The Morgan fingerprint density at radius 2 is 1.77 bits per heavy atom. The molecule has 0 bridgehead atoms. The number of hydrogen-bond acceptors (Lipinski definition) is 4. The molecule has 0 spiro atoms. The number of carbonyl (C=O) groups excluding carboxylic acids is 3. The Morgan fingerprint density at radius 1 is 1.03 bits per heavy atom. The molecule has 0 saturated carbocycles. The summed E-state index contributed by atoms with van der Waals surface area (Å²) in [5, 5.41) is 0. The fourth-order valence-corrected chi connectivity index (χ4v) is 4.12. The van der Waals surface area contributed by atoms with Crippen molar-refractivity contribution < 1.29 is 18.8 Å². The van der Waals surface area contributed by atoms with Crippen molar-refractivity contribution >= 4 is 23.4 Å². The Kier molecular flexibility index (Phi) is 5.84. The molecule has 0 N–H and O–H groups in total. The number of benzene rings is 2. The van der Waals surface area contributed by atoms with Gasteiger partial charge in [-0.05, 0) is 36.2 Å². The van der Waals surface area contributed by atoms with E-state index in [1.54, 1.807) is 30.3 Å². The van der Waals surface area contributed by atoms with Gasteiger partial charge in [0.25, 0.3) is 11.8 Å². The molecule has 2 aliphatic rings. The predicted octanol–water partition coefficient (Wildman–Crippen LogP) is 3.24. The summed E-state index contributed by atoms with van der Waals surface area (Å²) in [4.78, 5) is 43.4. The van der Waals surface area contributed by atoms with Gasteiger partial charge < -0.3 is 9.80 Å². The van der Waals surface area contributed by atoms with Crippen molar-refractivity contribution in [2.75, 3.05) is 31.1 Å². The van der Waals surface area contributed by atoms with Gasteiger partial charge in [-0.2, -0.15) is 0 Å². The molecule has 4 rings (SSSR count). The Bertz CT molecular complexity index is 1040. The summed E-state index contributed by atoms with van der Waals surface area (Å²) in [5.74, 6) is -1.05. The second kappa shape index (κ2) is 8.71. The molecule has 1 saturated heterocycles. The fourth-order valence-electron chi connectivity index (χ4n) is 4.12. The van der Waals surface area contributed by atoms with Crippen LogP contribution < -0.4 is 4.90 Å². The number of anilines is 1. The number of rotatable bonds is 6. The number of hydrogen-bond donors (Lipinski definition) is 0. The molecular weight excluding hydrogens is 397 g/mol. The highest BCUT2D eigenvalue weighted by Gasteiger charge is 2.38. The fraction of sp³-hybridized carbons (Fsp3) is 0.292. The summed E-state index contributed by atoms with van der Waals surface area (Å²) in [5.41, 5.74) is 2.01. The third kappa shape index (κ3) is 4.08. The van der Waals surface area contributed by atoms with Crippen molar-refractivity contribution in [1.82, 2.24) is 9.80 Å². The molecule has 2 aromatic carbocycles. The lowest BCUT2D eigenvalue weighted by atomic mass is 10.1. The van der Waals surface area contributed by atoms with Crippen molar-refractivity contribution in [1.29, 1.82) is 0 Å². The molecule has 1 fully saturated rings. The lowest BCUT2D eigenvalue weighted by molar-refractivity contribution is -0.131. The molecule has 0 aliphatic carbocycles. The van der Waals surface area contributed by atoms with Crippen molar-refractivity contribution in [3.8, 4) is 0 Å². The van der Waals surface area contributed by atoms with Gasteiger partial charge in [-0.3, -0.25) is 19.3 Å². The van der Waals surface area contributed by atoms with E-state index in [9.17, 15) is 18.8 Å². The minimum Gasteiger partial charge on any atom is -0.367 e. The number of amides is 3. The van der Waals surface area contributed by atoms with Crippen LogP contribution in [0.4, 0.5) is 10.1 Å². The summed E-state index contributed by atoms with van der Waals surface area (Å²) in [6.45, 7) is 5.97. The molecule has 7 heteroatoms. The van der Waals surface area contributed by atoms with Crippen LogP contribution in [0.2, 0.25) is 0 Å². The van der Waals surface area contributed by atoms with E-state index in [0.29, 0.717) is 61.4 Å². The molecule has 160 valence electrons. The lowest BCUT2D eigenvalue weighted by Gasteiger charge is -2.36. The van der Waals surface area contributed by atoms with E-state index in [0.717, 1.165) is 4.90 Å². The third-order valence-electron chi connectivity index (χ3n) is 5.74. The van der Waals surface area contributed by atoms with E-state index in [1.165, 1.54) is 12.1 Å². The smallest absolute Gasteiger partial charge is 0.263 e. The minimum atomic E-state index is -0.407. The maximum absolute atomic E-state index is 13.5.